The summed E-state index contributed by atoms with van der Waals surface area (Å²) in [7, 11) is 3.29. The van der Waals surface area contributed by atoms with E-state index in [-0.39, 0.29) is 11.9 Å². The van der Waals surface area contributed by atoms with Gasteiger partial charge >= 0.3 is 0 Å². The lowest BCUT2D eigenvalue weighted by molar-refractivity contribution is -0.117. The van der Waals surface area contributed by atoms with E-state index in [1.165, 1.54) is 0 Å². The molecular formula is C13H18N2O3. The number of rotatable bonds is 5. The topological polar surface area (TPSA) is 59.6 Å². The molecule has 1 aliphatic heterocycles. The van der Waals surface area contributed by atoms with Crippen molar-refractivity contribution in [1.29, 1.82) is 0 Å². The molecule has 0 bridgehead atoms. The minimum Gasteiger partial charge on any atom is -0.497 e. The third-order valence-electron chi connectivity index (χ3n) is 2.97. The fraction of sp³-hybridized carbons (Fsp3) is 0.462. The van der Waals surface area contributed by atoms with Gasteiger partial charge in [0.05, 0.1) is 18.5 Å². The van der Waals surface area contributed by atoms with Crippen LogP contribution >= 0.6 is 0 Å². The number of benzene rings is 1. The number of methoxy groups -OCH3 is 2. The molecule has 0 saturated heterocycles. The summed E-state index contributed by atoms with van der Waals surface area (Å²) in [5.74, 6) is 0.775. The van der Waals surface area contributed by atoms with Gasteiger partial charge in [-0.3, -0.25) is 4.79 Å². The largest absolute Gasteiger partial charge is 0.497 e. The van der Waals surface area contributed by atoms with Crippen LogP contribution in [0.5, 0.6) is 5.75 Å². The molecule has 1 amide bonds. The number of carbonyl (C=O) groups excluding carboxylic acids is 1. The maximum absolute atomic E-state index is 11.9. The Bertz CT molecular complexity index is 434. The molecule has 0 saturated carbocycles. The molecule has 5 nitrogen and oxygen atoms in total. The second kappa shape index (κ2) is 5.73. The highest BCUT2D eigenvalue weighted by Gasteiger charge is 2.24. The first-order valence-corrected chi connectivity index (χ1v) is 5.99. The SMILES string of the molecule is COCCCC1Nc2cc(OC)ccc2NC1=O. The molecule has 1 aromatic rings. The van der Waals surface area contributed by atoms with Crippen LogP contribution in [0.25, 0.3) is 0 Å². The lowest BCUT2D eigenvalue weighted by atomic mass is 10.1. The van der Waals surface area contributed by atoms with Crippen molar-refractivity contribution in [3.05, 3.63) is 18.2 Å². The summed E-state index contributed by atoms with van der Waals surface area (Å²) >= 11 is 0. The normalized spacial score (nSPS) is 17.7. The monoisotopic (exact) mass is 250 g/mol. The van der Waals surface area contributed by atoms with E-state index in [1.807, 2.05) is 18.2 Å². The van der Waals surface area contributed by atoms with Gasteiger partial charge in [-0.25, -0.2) is 0 Å². The number of nitrogens with one attached hydrogen (secondary N) is 2. The average Bonchev–Trinajstić information content (AvgIpc) is 2.39. The van der Waals surface area contributed by atoms with Gasteiger partial charge in [-0.1, -0.05) is 0 Å². The summed E-state index contributed by atoms with van der Waals surface area (Å²) in [6, 6.07) is 5.34. The summed E-state index contributed by atoms with van der Waals surface area (Å²) in [6.07, 6.45) is 1.59. The molecule has 0 radical (unpaired) electrons. The molecule has 2 N–H and O–H groups in total. The summed E-state index contributed by atoms with van der Waals surface area (Å²) in [6.45, 7) is 0.663. The molecule has 1 aliphatic rings. The Kier molecular flexibility index (Phi) is 4.04. The second-order valence-electron chi connectivity index (χ2n) is 4.23. The fourth-order valence-corrected chi connectivity index (χ4v) is 1.99. The molecule has 1 unspecified atom stereocenters. The molecule has 1 atom stereocenters. The first kappa shape index (κ1) is 12.7. The molecular weight excluding hydrogens is 232 g/mol. The van der Waals surface area contributed by atoms with E-state index in [2.05, 4.69) is 10.6 Å². The second-order valence-corrected chi connectivity index (χ2v) is 4.23. The van der Waals surface area contributed by atoms with Gasteiger partial charge in [-0.15, -0.1) is 0 Å². The highest BCUT2D eigenvalue weighted by molar-refractivity contribution is 6.03. The first-order valence-electron chi connectivity index (χ1n) is 5.99. The van der Waals surface area contributed by atoms with Gasteiger partial charge in [0.2, 0.25) is 5.91 Å². The predicted octanol–water partition coefficient (Wildman–Crippen LogP) is 1.85. The minimum atomic E-state index is -0.209. The van der Waals surface area contributed by atoms with E-state index in [0.29, 0.717) is 6.61 Å². The Morgan fingerprint density at radius 2 is 2.11 bits per heavy atom. The fourth-order valence-electron chi connectivity index (χ4n) is 1.99. The van der Waals surface area contributed by atoms with Gasteiger partial charge < -0.3 is 20.1 Å². The van der Waals surface area contributed by atoms with Crippen molar-refractivity contribution >= 4 is 17.3 Å². The van der Waals surface area contributed by atoms with Crippen LogP contribution in [0.3, 0.4) is 0 Å². The third-order valence-corrected chi connectivity index (χ3v) is 2.97. The van der Waals surface area contributed by atoms with Gasteiger partial charge in [0.25, 0.3) is 0 Å². The quantitative estimate of drug-likeness (QED) is 0.783. The van der Waals surface area contributed by atoms with E-state index >= 15 is 0 Å². The van der Waals surface area contributed by atoms with Crippen molar-refractivity contribution in [3.63, 3.8) is 0 Å². The zero-order valence-corrected chi connectivity index (χ0v) is 10.7. The van der Waals surface area contributed by atoms with E-state index in [1.54, 1.807) is 14.2 Å². The van der Waals surface area contributed by atoms with Gasteiger partial charge in [0.15, 0.2) is 0 Å². The molecule has 5 heteroatoms. The lowest BCUT2D eigenvalue weighted by Gasteiger charge is -2.27. The lowest BCUT2D eigenvalue weighted by Crippen LogP contribution is -2.38. The highest BCUT2D eigenvalue weighted by atomic mass is 16.5. The van der Waals surface area contributed by atoms with Crippen LogP contribution in [0.1, 0.15) is 12.8 Å². The number of anilines is 2. The molecule has 98 valence electrons. The molecule has 18 heavy (non-hydrogen) atoms. The molecule has 0 aromatic heterocycles. The number of amides is 1. The van der Waals surface area contributed by atoms with E-state index in [9.17, 15) is 4.79 Å². The molecule has 1 heterocycles. The zero-order valence-electron chi connectivity index (χ0n) is 10.7. The molecule has 1 aromatic carbocycles. The third kappa shape index (κ3) is 2.73. The Morgan fingerprint density at radius 3 is 2.83 bits per heavy atom. The van der Waals surface area contributed by atoms with E-state index in [4.69, 9.17) is 9.47 Å². The molecule has 0 aliphatic carbocycles. The van der Waals surface area contributed by atoms with Gasteiger partial charge in [-0.2, -0.15) is 0 Å². The van der Waals surface area contributed by atoms with Crippen LogP contribution in [0.4, 0.5) is 11.4 Å². The van der Waals surface area contributed by atoms with E-state index < -0.39 is 0 Å². The van der Waals surface area contributed by atoms with Gasteiger partial charge in [0, 0.05) is 19.8 Å². The minimum absolute atomic E-state index is 0.00349. The van der Waals surface area contributed by atoms with Crippen molar-refractivity contribution in [3.8, 4) is 5.75 Å². The maximum Gasteiger partial charge on any atom is 0.246 e. The van der Waals surface area contributed by atoms with Crippen LogP contribution in [-0.4, -0.2) is 32.8 Å². The smallest absolute Gasteiger partial charge is 0.246 e. The van der Waals surface area contributed by atoms with Crippen LogP contribution < -0.4 is 15.4 Å². The zero-order chi connectivity index (χ0) is 13.0. The van der Waals surface area contributed by atoms with Crippen molar-refractivity contribution < 1.29 is 14.3 Å². The van der Waals surface area contributed by atoms with Gasteiger partial charge in [0.1, 0.15) is 11.8 Å². The Labute approximate surface area is 106 Å². The number of fused-ring (bicyclic) bond motifs is 1. The van der Waals surface area contributed by atoms with Crippen molar-refractivity contribution in [2.75, 3.05) is 31.5 Å². The van der Waals surface area contributed by atoms with Crippen molar-refractivity contribution in [1.82, 2.24) is 0 Å². The highest BCUT2D eigenvalue weighted by Crippen LogP contribution is 2.31. The van der Waals surface area contributed by atoms with Crippen molar-refractivity contribution in [2.45, 2.75) is 18.9 Å². The first-order chi connectivity index (χ1) is 8.74. The predicted molar refractivity (Wildman–Crippen MR) is 70.1 cm³/mol. The number of carbonyl (C=O) groups is 1. The number of hydrogen-bond donors (Lipinski definition) is 2. The number of ether oxygens (including phenoxy) is 2. The summed E-state index contributed by atoms with van der Waals surface area (Å²) in [4.78, 5) is 11.9. The summed E-state index contributed by atoms with van der Waals surface area (Å²) in [5.41, 5.74) is 1.69. The van der Waals surface area contributed by atoms with Gasteiger partial charge in [-0.05, 0) is 25.0 Å². The van der Waals surface area contributed by atoms with Crippen LogP contribution in [0.2, 0.25) is 0 Å². The summed E-state index contributed by atoms with van der Waals surface area (Å²) in [5, 5.41) is 6.12. The van der Waals surface area contributed by atoms with E-state index in [0.717, 1.165) is 30.0 Å². The molecule has 0 spiro atoms. The number of hydrogen-bond acceptors (Lipinski definition) is 4. The standard InChI is InChI=1S/C13H18N2O3/c1-17-7-3-4-11-13(16)15-10-6-5-9(18-2)8-12(10)14-11/h5-6,8,11,14H,3-4,7H2,1-2H3,(H,15,16). The summed E-state index contributed by atoms with van der Waals surface area (Å²) < 4.78 is 10.2. The molecule has 0 fully saturated rings. The van der Waals surface area contributed by atoms with Crippen LogP contribution in [0.15, 0.2) is 18.2 Å². The van der Waals surface area contributed by atoms with Crippen LogP contribution in [-0.2, 0) is 9.53 Å². The van der Waals surface area contributed by atoms with Crippen molar-refractivity contribution in [2.24, 2.45) is 0 Å². The molecule has 2 rings (SSSR count). The average molecular weight is 250 g/mol. The Balaban J connectivity index is 2.07. The Hall–Kier alpha value is -1.75. The Morgan fingerprint density at radius 1 is 1.28 bits per heavy atom. The van der Waals surface area contributed by atoms with Crippen LogP contribution in [0, 0.1) is 0 Å². The maximum atomic E-state index is 11.9.